The molecule has 0 aliphatic heterocycles. The Morgan fingerprint density at radius 3 is 2.68 bits per heavy atom. The lowest BCUT2D eigenvalue weighted by molar-refractivity contribution is 0.705. The highest BCUT2D eigenvalue weighted by atomic mass is 79.9. The molecule has 1 aromatic carbocycles. The third-order valence-electron chi connectivity index (χ3n) is 2.96. The van der Waals surface area contributed by atoms with Crippen LogP contribution in [0.25, 0.3) is 0 Å². The van der Waals surface area contributed by atoms with E-state index in [-0.39, 0.29) is 0 Å². The van der Waals surface area contributed by atoms with E-state index in [0.29, 0.717) is 14.9 Å². The Labute approximate surface area is 136 Å². The zero-order chi connectivity index (χ0) is 13.7. The molecule has 0 aliphatic rings. The first-order valence-electron chi connectivity index (χ1n) is 6.25. The predicted octanol–water partition coefficient (Wildman–Crippen LogP) is 6.38. The summed E-state index contributed by atoms with van der Waals surface area (Å²) < 4.78 is 0. The van der Waals surface area contributed by atoms with E-state index in [2.05, 4.69) is 33.4 Å². The zero-order valence-corrected chi connectivity index (χ0v) is 14.3. The highest BCUT2D eigenvalue weighted by molar-refractivity contribution is 9.09. The Hall–Kier alpha value is -0.0200. The second kappa shape index (κ2) is 7.68. The van der Waals surface area contributed by atoms with Gasteiger partial charge in [0, 0.05) is 9.70 Å². The molecule has 0 aliphatic carbocycles. The molecule has 1 heterocycles. The van der Waals surface area contributed by atoms with Gasteiger partial charge in [-0.2, -0.15) is 0 Å². The molecule has 0 fully saturated rings. The molecule has 1 unspecified atom stereocenters. The number of hydrogen-bond donors (Lipinski definition) is 0. The first-order valence-corrected chi connectivity index (χ1v) is 8.80. The Kier molecular flexibility index (Phi) is 6.21. The molecule has 2 rings (SSSR count). The van der Waals surface area contributed by atoms with Crippen molar-refractivity contribution in [3.63, 3.8) is 0 Å². The molecule has 0 bridgehead atoms. The van der Waals surface area contributed by atoms with Crippen molar-refractivity contribution in [3.05, 3.63) is 56.2 Å². The van der Waals surface area contributed by atoms with E-state index in [4.69, 9.17) is 23.2 Å². The van der Waals surface area contributed by atoms with Crippen molar-refractivity contribution in [1.82, 2.24) is 0 Å². The van der Waals surface area contributed by atoms with Crippen LogP contribution in [0.5, 0.6) is 0 Å². The minimum Gasteiger partial charge on any atom is -0.149 e. The molecule has 0 spiro atoms. The van der Waals surface area contributed by atoms with Crippen molar-refractivity contribution in [3.8, 4) is 0 Å². The van der Waals surface area contributed by atoms with Crippen molar-refractivity contribution in [1.29, 1.82) is 0 Å². The number of alkyl halides is 1. The number of halogens is 3. The second-order valence-electron chi connectivity index (χ2n) is 4.52. The molecule has 1 atom stereocenters. The fraction of sp³-hybridized carbons (Fsp3) is 0.333. The van der Waals surface area contributed by atoms with Crippen LogP contribution in [0.3, 0.4) is 0 Å². The Bertz CT molecular complexity index is 511. The fourth-order valence-corrected chi connectivity index (χ4v) is 3.75. The molecule has 4 heteroatoms. The summed E-state index contributed by atoms with van der Waals surface area (Å²) in [5.74, 6) is 0. The lowest BCUT2D eigenvalue weighted by Gasteiger charge is -2.10. The van der Waals surface area contributed by atoms with E-state index in [9.17, 15) is 0 Å². The summed E-state index contributed by atoms with van der Waals surface area (Å²) in [5, 5.41) is 3.39. The molecule has 102 valence electrons. The topological polar surface area (TPSA) is 0 Å². The van der Waals surface area contributed by atoms with E-state index in [0.717, 1.165) is 12.8 Å². The van der Waals surface area contributed by atoms with Crippen LogP contribution in [-0.2, 0) is 12.8 Å². The van der Waals surface area contributed by atoms with Crippen molar-refractivity contribution >= 4 is 50.5 Å². The van der Waals surface area contributed by atoms with Gasteiger partial charge in [-0.1, -0.05) is 51.3 Å². The number of rotatable bonds is 6. The summed E-state index contributed by atoms with van der Waals surface area (Å²) in [6.07, 6.45) is 4.53. The van der Waals surface area contributed by atoms with Gasteiger partial charge in [0.2, 0.25) is 0 Å². The molecule has 0 radical (unpaired) electrons. The molecule has 0 amide bonds. The second-order valence-corrected chi connectivity index (χ2v) is 7.66. The van der Waals surface area contributed by atoms with E-state index < -0.39 is 0 Å². The summed E-state index contributed by atoms with van der Waals surface area (Å²) in [7, 11) is 0. The molecule has 0 nitrogen and oxygen atoms in total. The van der Waals surface area contributed by atoms with E-state index >= 15 is 0 Å². The summed E-state index contributed by atoms with van der Waals surface area (Å²) >= 11 is 17.5. The van der Waals surface area contributed by atoms with E-state index in [1.807, 2.05) is 29.5 Å². The third-order valence-corrected chi connectivity index (χ3v) is 5.42. The van der Waals surface area contributed by atoms with Crippen LogP contribution in [0.2, 0.25) is 10.0 Å². The highest BCUT2D eigenvalue weighted by Gasteiger charge is 2.07. The van der Waals surface area contributed by atoms with Gasteiger partial charge in [-0.25, -0.2) is 0 Å². The van der Waals surface area contributed by atoms with Crippen LogP contribution >= 0.6 is 50.5 Å². The molecular formula is C15H15BrCl2S. The number of hydrogen-bond acceptors (Lipinski definition) is 1. The van der Waals surface area contributed by atoms with Crippen LogP contribution in [0.15, 0.2) is 35.7 Å². The SMILES string of the molecule is Clc1ccc(CC(Br)CCCc2cccs2)cc1Cl. The largest absolute Gasteiger partial charge is 0.149 e. The minimum absolute atomic E-state index is 0.490. The molecule has 0 saturated heterocycles. The summed E-state index contributed by atoms with van der Waals surface area (Å²) in [4.78, 5) is 1.96. The summed E-state index contributed by atoms with van der Waals surface area (Å²) in [6, 6.07) is 10.2. The lowest BCUT2D eigenvalue weighted by Crippen LogP contribution is -2.03. The van der Waals surface area contributed by atoms with E-state index in [1.54, 1.807) is 0 Å². The smallest absolute Gasteiger partial charge is 0.0595 e. The zero-order valence-electron chi connectivity index (χ0n) is 10.4. The van der Waals surface area contributed by atoms with Gasteiger partial charge < -0.3 is 0 Å². The number of aryl methyl sites for hydroxylation is 1. The van der Waals surface area contributed by atoms with Crippen molar-refractivity contribution in [2.24, 2.45) is 0 Å². The van der Waals surface area contributed by atoms with Crippen molar-refractivity contribution in [2.45, 2.75) is 30.5 Å². The van der Waals surface area contributed by atoms with Crippen LogP contribution in [0.4, 0.5) is 0 Å². The predicted molar refractivity (Wildman–Crippen MR) is 90.1 cm³/mol. The van der Waals surface area contributed by atoms with Gasteiger partial charge in [-0.3, -0.25) is 0 Å². The van der Waals surface area contributed by atoms with Crippen LogP contribution in [0.1, 0.15) is 23.3 Å². The average molecular weight is 378 g/mol. The Morgan fingerprint density at radius 2 is 2.00 bits per heavy atom. The molecule has 19 heavy (non-hydrogen) atoms. The summed E-state index contributed by atoms with van der Waals surface area (Å²) in [5.41, 5.74) is 1.23. The normalized spacial score (nSPS) is 12.6. The van der Waals surface area contributed by atoms with Crippen molar-refractivity contribution in [2.75, 3.05) is 0 Å². The maximum absolute atomic E-state index is 6.02. The first kappa shape index (κ1) is 15.4. The Morgan fingerprint density at radius 1 is 1.16 bits per heavy atom. The van der Waals surface area contributed by atoms with Gasteiger partial charge in [0.25, 0.3) is 0 Å². The first-order chi connectivity index (χ1) is 9.15. The standard InChI is InChI=1S/C15H15BrCl2S/c16-12(3-1-4-13-5-2-8-19-13)9-11-6-7-14(17)15(18)10-11/h2,5-8,10,12H,1,3-4,9H2. The van der Waals surface area contributed by atoms with Crippen molar-refractivity contribution < 1.29 is 0 Å². The van der Waals surface area contributed by atoms with Gasteiger partial charge >= 0.3 is 0 Å². The monoisotopic (exact) mass is 376 g/mol. The van der Waals surface area contributed by atoms with Crippen LogP contribution in [-0.4, -0.2) is 4.83 Å². The van der Waals surface area contributed by atoms with Gasteiger partial charge in [0.15, 0.2) is 0 Å². The molecule has 0 N–H and O–H groups in total. The number of thiophene rings is 1. The van der Waals surface area contributed by atoms with E-state index in [1.165, 1.54) is 23.3 Å². The van der Waals surface area contributed by atoms with Crippen LogP contribution in [0, 0.1) is 0 Å². The van der Waals surface area contributed by atoms with Crippen LogP contribution < -0.4 is 0 Å². The highest BCUT2D eigenvalue weighted by Crippen LogP contribution is 2.25. The quantitative estimate of drug-likeness (QED) is 0.512. The number of benzene rings is 1. The molecule has 1 aromatic heterocycles. The third kappa shape index (κ3) is 5.11. The van der Waals surface area contributed by atoms with Gasteiger partial charge in [0.05, 0.1) is 10.0 Å². The fourth-order valence-electron chi connectivity index (χ4n) is 1.98. The minimum atomic E-state index is 0.490. The van der Waals surface area contributed by atoms with Gasteiger partial charge in [-0.15, -0.1) is 11.3 Å². The van der Waals surface area contributed by atoms with Gasteiger partial charge in [-0.05, 0) is 54.8 Å². The van der Waals surface area contributed by atoms with Gasteiger partial charge in [0.1, 0.15) is 0 Å². The lowest BCUT2D eigenvalue weighted by atomic mass is 10.1. The average Bonchev–Trinajstić information content (AvgIpc) is 2.87. The Balaban J connectivity index is 1.77. The summed E-state index contributed by atoms with van der Waals surface area (Å²) in [6.45, 7) is 0. The maximum Gasteiger partial charge on any atom is 0.0595 e. The molecular weight excluding hydrogens is 363 g/mol. The molecule has 2 aromatic rings. The maximum atomic E-state index is 6.02. The molecule has 0 saturated carbocycles.